The van der Waals surface area contributed by atoms with Gasteiger partial charge in [0.15, 0.2) is 0 Å². The molecule has 5 N–H and O–H groups in total. The normalized spacial score (nSPS) is 17.3. The molecule has 4 rings (SSSR count). The van der Waals surface area contributed by atoms with Gasteiger partial charge in [0.1, 0.15) is 5.01 Å². The van der Waals surface area contributed by atoms with Crippen LogP contribution in [-0.2, 0) is 21.3 Å². The number of benzene rings is 2. The summed E-state index contributed by atoms with van der Waals surface area (Å²) in [7, 11) is -3.96. The Labute approximate surface area is 257 Å². The van der Waals surface area contributed by atoms with Crippen LogP contribution in [0.2, 0.25) is 0 Å². The van der Waals surface area contributed by atoms with Crippen LogP contribution in [0, 0.1) is 0 Å². The molecule has 3 amide bonds. The lowest BCUT2D eigenvalue weighted by atomic mass is 10.0. The number of piperidine rings is 1. The molecule has 1 aromatic heterocycles. The van der Waals surface area contributed by atoms with Gasteiger partial charge >= 0.3 is 12.1 Å². The maximum Gasteiger partial charge on any atom is 0.407 e. The van der Waals surface area contributed by atoms with Crippen molar-refractivity contribution in [1.29, 1.82) is 0 Å². The molecule has 0 saturated carbocycles. The summed E-state index contributed by atoms with van der Waals surface area (Å²) in [5, 5.41) is 12.7. The minimum Gasteiger partial charge on any atom is -0.447 e. The first kappa shape index (κ1) is 32.4. The Morgan fingerprint density at radius 2 is 1.86 bits per heavy atom. The fourth-order valence-electron chi connectivity index (χ4n) is 4.62. The smallest absolute Gasteiger partial charge is 0.407 e. The third-order valence-electron chi connectivity index (χ3n) is 6.43. The molecule has 3 aromatic rings. The molecule has 0 bridgehead atoms. The van der Waals surface area contributed by atoms with E-state index in [0.717, 1.165) is 23.4 Å². The monoisotopic (exact) mass is 628 g/mol. The van der Waals surface area contributed by atoms with Crippen molar-refractivity contribution in [2.75, 3.05) is 11.9 Å². The van der Waals surface area contributed by atoms with Gasteiger partial charge in [0.25, 0.3) is 0 Å². The summed E-state index contributed by atoms with van der Waals surface area (Å²) in [4.78, 5) is 29.9. The third kappa shape index (κ3) is 9.48. The van der Waals surface area contributed by atoms with Crippen LogP contribution in [0.15, 0.2) is 59.6 Å². The summed E-state index contributed by atoms with van der Waals surface area (Å²) in [6, 6.07) is 13.8. The Balaban J connectivity index is 1.50. The van der Waals surface area contributed by atoms with Crippen LogP contribution < -0.4 is 26.0 Å². The molecule has 13 heteroatoms. The number of sulfonamides is 1. The minimum atomic E-state index is -3.96. The number of carbonyl (C=O) groups is 2. The predicted molar refractivity (Wildman–Crippen MR) is 168 cm³/mol. The number of alkyl carbamates (subject to hydrolysis) is 1. The van der Waals surface area contributed by atoms with E-state index in [0.29, 0.717) is 29.2 Å². The molecule has 2 heterocycles. The van der Waals surface area contributed by atoms with Gasteiger partial charge in [-0.25, -0.2) is 27.7 Å². The first-order valence-corrected chi connectivity index (χ1v) is 16.5. The van der Waals surface area contributed by atoms with Crippen LogP contribution in [-0.4, -0.2) is 49.8 Å². The zero-order chi connectivity index (χ0) is 31.2. The summed E-state index contributed by atoms with van der Waals surface area (Å²) in [5.74, 6) is 0. The number of amides is 3. The van der Waals surface area contributed by atoms with Crippen LogP contribution in [0.4, 0.5) is 15.3 Å². The third-order valence-corrected chi connectivity index (χ3v) is 9.37. The molecule has 43 heavy (non-hydrogen) atoms. The Hall–Kier alpha value is -3.52. The van der Waals surface area contributed by atoms with Crippen molar-refractivity contribution in [2.45, 2.75) is 82.6 Å². The molecule has 1 aliphatic heterocycles. The summed E-state index contributed by atoms with van der Waals surface area (Å²) >= 11 is 1.41. The van der Waals surface area contributed by atoms with Gasteiger partial charge in [-0.1, -0.05) is 36.4 Å². The summed E-state index contributed by atoms with van der Waals surface area (Å²) in [5.41, 5.74) is 1.06. The molecule has 0 spiro atoms. The highest BCUT2D eigenvalue weighted by atomic mass is 32.2. The van der Waals surface area contributed by atoms with Gasteiger partial charge in [0.05, 0.1) is 21.9 Å². The Bertz CT molecular complexity index is 1510. The quantitative estimate of drug-likeness (QED) is 0.220. The van der Waals surface area contributed by atoms with Crippen LogP contribution >= 0.6 is 11.3 Å². The molecular formula is C30H40N6O5S2. The van der Waals surface area contributed by atoms with Crippen LogP contribution in [0.3, 0.4) is 0 Å². The largest absolute Gasteiger partial charge is 0.447 e. The number of carbonyl (C=O) groups excluding carboxylic acids is 2. The number of thiazole rings is 1. The van der Waals surface area contributed by atoms with Gasteiger partial charge in [0, 0.05) is 42.1 Å². The lowest BCUT2D eigenvalue weighted by molar-refractivity contribution is 0.110. The van der Waals surface area contributed by atoms with Crippen molar-refractivity contribution in [2.24, 2.45) is 0 Å². The second-order valence-corrected chi connectivity index (χ2v) is 14.5. The van der Waals surface area contributed by atoms with E-state index < -0.39 is 27.7 Å². The fraction of sp³-hybridized carbons (Fsp3) is 0.433. The number of ether oxygens (including phenoxy) is 1. The van der Waals surface area contributed by atoms with Crippen molar-refractivity contribution in [3.63, 3.8) is 0 Å². The Kier molecular flexibility index (Phi) is 10.4. The SMILES string of the molecule is CC(C)OC(=O)N[C@@H]1CCC(c2ncc(-c3ccc(NC(=O)NCc4ccccc4)cc3S(=O)(=O)NC(C)(C)C)s2)NC1. The van der Waals surface area contributed by atoms with Crippen molar-refractivity contribution in [1.82, 2.24) is 25.7 Å². The van der Waals surface area contributed by atoms with Crippen molar-refractivity contribution in [3.8, 4) is 10.4 Å². The summed E-state index contributed by atoms with van der Waals surface area (Å²) in [6.07, 6.45) is 2.56. The molecule has 2 aromatic carbocycles. The number of hydrogen-bond donors (Lipinski definition) is 5. The predicted octanol–water partition coefficient (Wildman–Crippen LogP) is 5.14. The van der Waals surface area contributed by atoms with Crippen molar-refractivity contribution >= 4 is 39.2 Å². The highest BCUT2D eigenvalue weighted by Gasteiger charge is 2.29. The highest BCUT2D eigenvalue weighted by Crippen LogP contribution is 2.37. The number of rotatable bonds is 9. The van der Waals surface area contributed by atoms with E-state index >= 15 is 0 Å². The number of nitrogens with one attached hydrogen (secondary N) is 5. The van der Waals surface area contributed by atoms with E-state index in [-0.39, 0.29) is 23.1 Å². The zero-order valence-corrected chi connectivity index (χ0v) is 26.7. The lowest BCUT2D eigenvalue weighted by Gasteiger charge is -2.29. The number of anilines is 1. The number of urea groups is 1. The van der Waals surface area contributed by atoms with E-state index in [4.69, 9.17) is 4.74 Å². The van der Waals surface area contributed by atoms with E-state index in [1.165, 1.54) is 17.4 Å². The Morgan fingerprint density at radius 3 is 2.51 bits per heavy atom. The van der Waals surface area contributed by atoms with Gasteiger partial charge in [0.2, 0.25) is 10.0 Å². The average Bonchev–Trinajstić information content (AvgIpc) is 3.41. The molecule has 2 atom stereocenters. The van der Waals surface area contributed by atoms with Gasteiger partial charge in [-0.15, -0.1) is 11.3 Å². The van der Waals surface area contributed by atoms with E-state index in [2.05, 4.69) is 31.0 Å². The molecule has 0 radical (unpaired) electrons. The molecule has 1 fully saturated rings. The number of aromatic nitrogens is 1. The molecule has 1 aliphatic rings. The van der Waals surface area contributed by atoms with E-state index in [1.54, 1.807) is 52.9 Å². The zero-order valence-electron chi connectivity index (χ0n) is 25.1. The molecule has 232 valence electrons. The maximum absolute atomic E-state index is 13.6. The fourth-order valence-corrected chi connectivity index (χ4v) is 7.41. The van der Waals surface area contributed by atoms with Crippen LogP contribution in [0.5, 0.6) is 0 Å². The van der Waals surface area contributed by atoms with E-state index in [1.807, 2.05) is 30.3 Å². The summed E-state index contributed by atoms with van der Waals surface area (Å²) in [6.45, 7) is 9.82. The Morgan fingerprint density at radius 1 is 1.12 bits per heavy atom. The van der Waals surface area contributed by atoms with Crippen molar-refractivity contribution in [3.05, 3.63) is 65.3 Å². The number of nitrogens with zero attached hydrogens (tertiary/aromatic N) is 1. The van der Waals surface area contributed by atoms with Crippen LogP contribution in [0.1, 0.15) is 64.1 Å². The van der Waals surface area contributed by atoms with Gasteiger partial charge < -0.3 is 26.0 Å². The minimum absolute atomic E-state index is 0.0278. The van der Waals surface area contributed by atoms with Gasteiger partial charge in [-0.05, 0) is 65.2 Å². The van der Waals surface area contributed by atoms with Gasteiger partial charge in [-0.3, -0.25) is 0 Å². The molecule has 1 unspecified atom stereocenters. The first-order valence-electron chi connectivity index (χ1n) is 14.2. The molecule has 1 saturated heterocycles. The summed E-state index contributed by atoms with van der Waals surface area (Å²) < 4.78 is 35.1. The van der Waals surface area contributed by atoms with Gasteiger partial charge in [-0.2, -0.15) is 0 Å². The maximum atomic E-state index is 13.6. The van der Waals surface area contributed by atoms with Crippen molar-refractivity contribution < 1.29 is 22.7 Å². The second kappa shape index (κ2) is 13.8. The number of hydrogen-bond acceptors (Lipinski definition) is 8. The molecule has 11 nitrogen and oxygen atoms in total. The standard InChI is InChI=1S/C30H40N6O5S2/c1-19(2)41-29(38)35-22-12-14-24(31-17-22)27-32-18-25(42-27)23-13-11-21(15-26(23)43(39,40)36-30(3,4)5)34-28(37)33-16-20-9-7-6-8-10-20/h6-11,13,15,18-19,22,24,31,36H,12,14,16-17H2,1-5H3,(H,35,38)(H2,33,34,37)/t22-,24?/m1/s1. The lowest BCUT2D eigenvalue weighted by Crippen LogP contribution is -2.47. The second-order valence-electron chi connectivity index (χ2n) is 11.8. The highest BCUT2D eigenvalue weighted by molar-refractivity contribution is 7.89. The topological polar surface area (TPSA) is 151 Å². The molecule has 0 aliphatic carbocycles. The van der Waals surface area contributed by atoms with Crippen LogP contribution in [0.25, 0.3) is 10.4 Å². The van der Waals surface area contributed by atoms with E-state index in [9.17, 15) is 18.0 Å². The molecular weight excluding hydrogens is 589 g/mol. The average molecular weight is 629 g/mol. The first-order chi connectivity index (χ1) is 20.3.